The second kappa shape index (κ2) is 5.29. The number of para-hydroxylation sites is 2. The molecule has 3 nitrogen and oxygen atoms in total. The van der Waals surface area contributed by atoms with Crippen molar-refractivity contribution in [2.24, 2.45) is 0 Å². The van der Waals surface area contributed by atoms with Gasteiger partial charge in [0.05, 0.1) is 27.0 Å². The SMILES string of the molecule is O=C(O)c1cccc(Cl)c1Nc1ccccc1Cl. The third kappa shape index (κ3) is 2.58. The Morgan fingerprint density at radius 3 is 2.33 bits per heavy atom. The molecule has 0 aliphatic carbocycles. The van der Waals surface area contributed by atoms with Gasteiger partial charge in [-0.2, -0.15) is 0 Å². The molecule has 2 rings (SSSR count). The summed E-state index contributed by atoms with van der Waals surface area (Å²) in [5, 5.41) is 12.9. The number of aromatic carboxylic acids is 1. The first kappa shape index (κ1) is 12.7. The summed E-state index contributed by atoms with van der Waals surface area (Å²) >= 11 is 12.0. The summed E-state index contributed by atoms with van der Waals surface area (Å²) in [4.78, 5) is 11.1. The van der Waals surface area contributed by atoms with Gasteiger partial charge in [0, 0.05) is 0 Å². The fourth-order valence-corrected chi connectivity index (χ4v) is 1.93. The first-order valence-electron chi connectivity index (χ1n) is 5.13. The average Bonchev–Trinajstić information content (AvgIpc) is 2.34. The van der Waals surface area contributed by atoms with Gasteiger partial charge in [0.25, 0.3) is 0 Å². The van der Waals surface area contributed by atoms with Gasteiger partial charge in [0.1, 0.15) is 0 Å². The van der Waals surface area contributed by atoms with E-state index in [9.17, 15) is 4.79 Å². The van der Waals surface area contributed by atoms with Gasteiger partial charge in [-0.3, -0.25) is 0 Å². The summed E-state index contributed by atoms with van der Waals surface area (Å²) in [6.07, 6.45) is 0. The van der Waals surface area contributed by atoms with Crippen LogP contribution in [0.5, 0.6) is 0 Å². The standard InChI is InChI=1S/C13H9Cl2NO2/c14-9-5-1-2-7-11(9)16-12-8(13(17)18)4-3-6-10(12)15/h1-7,16H,(H,17,18). The summed E-state index contributed by atoms with van der Waals surface area (Å²) in [7, 11) is 0. The highest BCUT2D eigenvalue weighted by molar-refractivity contribution is 6.35. The second-order valence-electron chi connectivity index (χ2n) is 3.57. The Balaban J connectivity index is 2.46. The number of hydrogen-bond donors (Lipinski definition) is 2. The predicted octanol–water partition coefficient (Wildman–Crippen LogP) is 4.44. The zero-order valence-electron chi connectivity index (χ0n) is 9.15. The molecule has 0 aromatic heterocycles. The van der Waals surface area contributed by atoms with E-state index >= 15 is 0 Å². The Labute approximate surface area is 114 Å². The fourth-order valence-electron chi connectivity index (χ4n) is 1.53. The first-order chi connectivity index (χ1) is 8.59. The van der Waals surface area contributed by atoms with Gasteiger partial charge in [-0.1, -0.05) is 41.4 Å². The largest absolute Gasteiger partial charge is 0.478 e. The summed E-state index contributed by atoms with van der Waals surface area (Å²) in [5.74, 6) is -1.05. The second-order valence-corrected chi connectivity index (χ2v) is 4.39. The van der Waals surface area contributed by atoms with E-state index in [-0.39, 0.29) is 5.56 Å². The number of benzene rings is 2. The molecular formula is C13H9Cl2NO2. The minimum absolute atomic E-state index is 0.0995. The monoisotopic (exact) mass is 281 g/mol. The van der Waals surface area contributed by atoms with E-state index in [1.807, 2.05) is 0 Å². The molecule has 0 saturated carbocycles. The topological polar surface area (TPSA) is 49.3 Å². The van der Waals surface area contributed by atoms with Gasteiger partial charge in [-0.25, -0.2) is 4.79 Å². The zero-order chi connectivity index (χ0) is 13.1. The van der Waals surface area contributed by atoms with Crippen molar-refractivity contribution in [2.75, 3.05) is 5.32 Å². The normalized spacial score (nSPS) is 10.1. The average molecular weight is 282 g/mol. The molecule has 2 aromatic carbocycles. The van der Waals surface area contributed by atoms with E-state index < -0.39 is 5.97 Å². The number of halogens is 2. The molecule has 0 unspecified atom stereocenters. The Morgan fingerprint density at radius 1 is 1.00 bits per heavy atom. The van der Waals surface area contributed by atoms with Crippen molar-refractivity contribution in [1.82, 2.24) is 0 Å². The maximum atomic E-state index is 11.1. The molecule has 0 amide bonds. The Morgan fingerprint density at radius 2 is 1.67 bits per heavy atom. The van der Waals surface area contributed by atoms with E-state index in [0.717, 1.165) is 0 Å². The van der Waals surface area contributed by atoms with Crippen molar-refractivity contribution in [3.05, 3.63) is 58.1 Å². The van der Waals surface area contributed by atoms with Crippen LogP contribution in [0.3, 0.4) is 0 Å². The van der Waals surface area contributed by atoms with Crippen LogP contribution in [0, 0.1) is 0 Å². The van der Waals surface area contributed by atoms with Crippen LogP contribution in [0.2, 0.25) is 10.0 Å². The highest BCUT2D eigenvalue weighted by Crippen LogP contribution is 2.32. The van der Waals surface area contributed by atoms with Crippen LogP contribution in [0.25, 0.3) is 0 Å². The van der Waals surface area contributed by atoms with E-state index in [1.54, 1.807) is 36.4 Å². The van der Waals surface area contributed by atoms with Crippen molar-refractivity contribution in [1.29, 1.82) is 0 Å². The number of carboxylic acid groups (broad SMARTS) is 1. The number of carboxylic acids is 1. The van der Waals surface area contributed by atoms with Gasteiger partial charge in [-0.05, 0) is 24.3 Å². The smallest absolute Gasteiger partial charge is 0.337 e. The van der Waals surface area contributed by atoms with Crippen LogP contribution in [0.4, 0.5) is 11.4 Å². The first-order valence-corrected chi connectivity index (χ1v) is 5.88. The summed E-state index contributed by atoms with van der Waals surface area (Å²) < 4.78 is 0. The van der Waals surface area contributed by atoms with Crippen molar-refractivity contribution < 1.29 is 9.90 Å². The van der Waals surface area contributed by atoms with Crippen molar-refractivity contribution in [3.63, 3.8) is 0 Å². The number of nitrogens with one attached hydrogen (secondary N) is 1. The van der Waals surface area contributed by atoms with Crippen LogP contribution in [0.1, 0.15) is 10.4 Å². The fraction of sp³-hybridized carbons (Fsp3) is 0. The molecule has 2 aromatic rings. The number of hydrogen-bond acceptors (Lipinski definition) is 2. The molecule has 0 atom stereocenters. The van der Waals surface area contributed by atoms with E-state index in [0.29, 0.717) is 21.4 Å². The summed E-state index contributed by atoms with van der Waals surface area (Å²) in [5.41, 5.74) is 1.04. The van der Waals surface area contributed by atoms with Crippen molar-refractivity contribution in [3.8, 4) is 0 Å². The minimum atomic E-state index is -1.05. The molecule has 5 heteroatoms. The Bertz CT molecular complexity index is 599. The summed E-state index contributed by atoms with van der Waals surface area (Å²) in [6.45, 7) is 0. The quantitative estimate of drug-likeness (QED) is 0.875. The molecule has 0 aliphatic heterocycles. The Kier molecular flexibility index (Phi) is 3.75. The molecule has 0 radical (unpaired) electrons. The molecule has 0 bridgehead atoms. The maximum absolute atomic E-state index is 11.1. The number of anilines is 2. The van der Waals surface area contributed by atoms with Gasteiger partial charge < -0.3 is 10.4 Å². The summed E-state index contributed by atoms with van der Waals surface area (Å²) in [6, 6.07) is 11.7. The lowest BCUT2D eigenvalue weighted by Gasteiger charge is -2.12. The maximum Gasteiger partial charge on any atom is 0.337 e. The van der Waals surface area contributed by atoms with E-state index in [4.69, 9.17) is 28.3 Å². The molecule has 2 N–H and O–H groups in total. The molecule has 0 heterocycles. The Hall–Kier alpha value is -1.71. The van der Waals surface area contributed by atoms with Crippen molar-refractivity contribution >= 4 is 40.5 Å². The lowest BCUT2D eigenvalue weighted by Crippen LogP contribution is -2.03. The highest BCUT2D eigenvalue weighted by Gasteiger charge is 2.13. The van der Waals surface area contributed by atoms with Crippen LogP contribution in [-0.2, 0) is 0 Å². The zero-order valence-corrected chi connectivity index (χ0v) is 10.7. The molecule has 18 heavy (non-hydrogen) atoms. The molecule has 92 valence electrons. The van der Waals surface area contributed by atoms with E-state index in [2.05, 4.69) is 5.32 Å². The lowest BCUT2D eigenvalue weighted by atomic mass is 10.1. The van der Waals surface area contributed by atoms with Gasteiger partial charge in [-0.15, -0.1) is 0 Å². The molecule has 0 fully saturated rings. The number of carbonyl (C=O) groups is 1. The molecular weight excluding hydrogens is 273 g/mol. The third-order valence-corrected chi connectivity index (χ3v) is 3.02. The molecule has 0 aliphatic rings. The predicted molar refractivity (Wildman–Crippen MR) is 73.1 cm³/mol. The number of rotatable bonds is 3. The van der Waals surface area contributed by atoms with Crippen LogP contribution in [0.15, 0.2) is 42.5 Å². The lowest BCUT2D eigenvalue weighted by molar-refractivity contribution is 0.0698. The third-order valence-electron chi connectivity index (χ3n) is 2.38. The van der Waals surface area contributed by atoms with E-state index in [1.165, 1.54) is 6.07 Å². The molecule has 0 saturated heterocycles. The van der Waals surface area contributed by atoms with Crippen molar-refractivity contribution in [2.45, 2.75) is 0 Å². The minimum Gasteiger partial charge on any atom is -0.478 e. The van der Waals surface area contributed by atoms with Gasteiger partial charge >= 0.3 is 5.97 Å². The van der Waals surface area contributed by atoms with Crippen LogP contribution < -0.4 is 5.32 Å². The molecule has 0 spiro atoms. The van der Waals surface area contributed by atoms with Crippen LogP contribution in [-0.4, -0.2) is 11.1 Å². The van der Waals surface area contributed by atoms with Gasteiger partial charge in [0.15, 0.2) is 0 Å². The highest BCUT2D eigenvalue weighted by atomic mass is 35.5. The van der Waals surface area contributed by atoms with Gasteiger partial charge in [0.2, 0.25) is 0 Å². The van der Waals surface area contributed by atoms with Crippen LogP contribution >= 0.6 is 23.2 Å².